The summed E-state index contributed by atoms with van der Waals surface area (Å²) in [5.41, 5.74) is 0. The molecule has 0 atom stereocenters. The van der Waals surface area contributed by atoms with E-state index in [-0.39, 0.29) is 12.7 Å². The van der Waals surface area contributed by atoms with Gasteiger partial charge in [-0.1, -0.05) is 0 Å². The number of halogens is 2. The van der Waals surface area contributed by atoms with Crippen LogP contribution >= 0.6 is 0 Å². The Morgan fingerprint density at radius 2 is 2.00 bits per heavy atom. The standard InChI is InChI=1S/C11H18F2N2O4/c1-14(6-9(12)13)11(18)15-4-2-8(3-5-15)19-7-10(16)17/h8-9H,2-7H2,1H3,(H,16,17). The van der Waals surface area contributed by atoms with Crippen molar-refractivity contribution in [1.29, 1.82) is 0 Å². The number of alkyl halides is 2. The van der Waals surface area contributed by atoms with E-state index in [9.17, 15) is 18.4 Å². The highest BCUT2D eigenvalue weighted by molar-refractivity contribution is 5.74. The average Bonchev–Trinajstić information content (AvgIpc) is 2.35. The molecule has 1 aliphatic rings. The second-order valence-corrected chi connectivity index (χ2v) is 4.45. The van der Waals surface area contributed by atoms with E-state index in [1.165, 1.54) is 11.9 Å². The van der Waals surface area contributed by atoms with E-state index in [4.69, 9.17) is 9.84 Å². The summed E-state index contributed by atoms with van der Waals surface area (Å²) < 4.78 is 29.5. The van der Waals surface area contributed by atoms with Crippen molar-refractivity contribution < 1.29 is 28.2 Å². The number of carboxylic acids is 1. The van der Waals surface area contributed by atoms with E-state index < -0.39 is 25.0 Å². The lowest BCUT2D eigenvalue weighted by Crippen LogP contribution is -2.47. The van der Waals surface area contributed by atoms with Crippen molar-refractivity contribution in [3.8, 4) is 0 Å². The number of carbonyl (C=O) groups is 2. The maximum Gasteiger partial charge on any atom is 0.329 e. The molecule has 1 aliphatic heterocycles. The van der Waals surface area contributed by atoms with E-state index >= 15 is 0 Å². The molecule has 19 heavy (non-hydrogen) atoms. The molecular formula is C11H18F2N2O4. The van der Waals surface area contributed by atoms with Gasteiger partial charge in [0, 0.05) is 20.1 Å². The largest absolute Gasteiger partial charge is 0.480 e. The van der Waals surface area contributed by atoms with Gasteiger partial charge < -0.3 is 19.6 Å². The molecule has 0 aromatic rings. The van der Waals surface area contributed by atoms with E-state index in [1.807, 2.05) is 0 Å². The number of nitrogens with zero attached hydrogens (tertiary/aromatic N) is 2. The van der Waals surface area contributed by atoms with Gasteiger partial charge in [0.2, 0.25) is 0 Å². The van der Waals surface area contributed by atoms with Gasteiger partial charge in [0.05, 0.1) is 12.6 Å². The quantitative estimate of drug-likeness (QED) is 0.811. The van der Waals surface area contributed by atoms with Crippen LogP contribution in [0.2, 0.25) is 0 Å². The van der Waals surface area contributed by atoms with E-state index in [0.29, 0.717) is 25.9 Å². The number of carbonyl (C=O) groups excluding carboxylic acids is 1. The lowest BCUT2D eigenvalue weighted by molar-refractivity contribution is -0.145. The maximum atomic E-state index is 12.2. The third-order valence-corrected chi connectivity index (χ3v) is 2.89. The molecule has 1 N–H and O–H groups in total. The molecule has 110 valence electrons. The Kier molecular flexibility index (Phi) is 5.94. The van der Waals surface area contributed by atoms with Gasteiger partial charge >= 0.3 is 12.0 Å². The van der Waals surface area contributed by atoms with Gasteiger partial charge in [-0.25, -0.2) is 18.4 Å². The minimum atomic E-state index is -2.55. The topological polar surface area (TPSA) is 70.1 Å². The van der Waals surface area contributed by atoms with Crippen molar-refractivity contribution in [2.24, 2.45) is 0 Å². The second-order valence-electron chi connectivity index (χ2n) is 4.45. The number of rotatable bonds is 5. The van der Waals surface area contributed by atoms with Crippen molar-refractivity contribution in [2.45, 2.75) is 25.4 Å². The van der Waals surface area contributed by atoms with Crippen LogP contribution in [0, 0.1) is 0 Å². The fourth-order valence-corrected chi connectivity index (χ4v) is 1.93. The molecule has 6 nitrogen and oxygen atoms in total. The first-order valence-corrected chi connectivity index (χ1v) is 6.01. The number of ether oxygens (including phenoxy) is 1. The molecule has 0 bridgehead atoms. The molecule has 0 spiro atoms. The molecule has 8 heteroatoms. The monoisotopic (exact) mass is 280 g/mol. The zero-order chi connectivity index (χ0) is 14.4. The lowest BCUT2D eigenvalue weighted by Gasteiger charge is -2.34. The Morgan fingerprint density at radius 3 is 2.47 bits per heavy atom. The molecule has 2 amide bonds. The molecule has 0 radical (unpaired) electrons. The number of urea groups is 1. The third-order valence-electron chi connectivity index (χ3n) is 2.89. The average molecular weight is 280 g/mol. The van der Waals surface area contributed by atoms with Crippen LogP contribution in [0.1, 0.15) is 12.8 Å². The Labute approximate surface area is 109 Å². The van der Waals surface area contributed by atoms with Crippen molar-refractivity contribution in [3.05, 3.63) is 0 Å². The first-order chi connectivity index (χ1) is 8.90. The summed E-state index contributed by atoms with van der Waals surface area (Å²) in [6.45, 7) is -0.175. The van der Waals surface area contributed by atoms with E-state index in [2.05, 4.69) is 0 Å². The first-order valence-electron chi connectivity index (χ1n) is 6.01. The summed E-state index contributed by atoms with van der Waals surface area (Å²) in [5, 5.41) is 8.47. The highest BCUT2D eigenvalue weighted by Crippen LogP contribution is 2.15. The van der Waals surface area contributed by atoms with Crippen LogP contribution in [0.4, 0.5) is 13.6 Å². The summed E-state index contributed by atoms with van der Waals surface area (Å²) in [5.74, 6) is -1.03. The van der Waals surface area contributed by atoms with Gasteiger partial charge in [-0.15, -0.1) is 0 Å². The SMILES string of the molecule is CN(CC(F)F)C(=O)N1CCC(OCC(=O)O)CC1. The fourth-order valence-electron chi connectivity index (χ4n) is 1.93. The number of amides is 2. The van der Waals surface area contributed by atoms with Crippen LogP contribution in [-0.4, -0.2) is 72.7 Å². The third kappa shape index (κ3) is 5.37. The molecule has 0 saturated carbocycles. The predicted octanol–water partition coefficient (Wildman–Crippen LogP) is 0.869. The minimum Gasteiger partial charge on any atom is -0.480 e. The molecule has 1 saturated heterocycles. The van der Waals surface area contributed by atoms with Gasteiger partial charge in [0.25, 0.3) is 6.43 Å². The van der Waals surface area contributed by atoms with Crippen LogP contribution in [0.25, 0.3) is 0 Å². The van der Waals surface area contributed by atoms with Gasteiger partial charge in [-0.2, -0.15) is 0 Å². The van der Waals surface area contributed by atoms with Gasteiger partial charge in [-0.05, 0) is 12.8 Å². The normalized spacial score (nSPS) is 16.7. The van der Waals surface area contributed by atoms with Crippen LogP contribution in [0.15, 0.2) is 0 Å². The molecule has 0 unspecified atom stereocenters. The van der Waals surface area contributed by atoms with E-state index in [1.54, 1.807) is 0 Å². The number of carboxylic acid groups (broad SMARTS) is 1. The zero-order valence-electron chi connectivity index (χ0n) is 10.7. The molecule has 1 fully saturated rings. The Balaban J connectivity index is 2.32. The minimum absolute atomic E-state index is 0.194. The van der Waals surface area contributed by atoms with Gasteiger partial charge in [-0.3, -0.25) is 0 Å². The second kappa shape index (κ2) is 7.22. The molecule has 1 rings (SSSR count). The van der Waals surface area contributed by atoms with Crippen LogP contribution in [-0.2, 0) is 9.53 Å². The van der Waals surface area contributed by atoms with Gasteiger partial charge in [0.15, 0.2) is 0 Å². The van der Waals surface area contributed by atoms with Crippen molar-refractivity contribution in [3.63, 3.8) is 0 Å². The van der Waals surface area contributed by atoms with Crippen LogP contribution in [0.3, 0.4) is 0 Å². The van der Waals surface area contributed by atoms with Crippen molar-refractivity contribution in [2.75, 3.05) is 33.3 Å². The van der Waals surface area contributed by atoms with Crippen LogP contribution < -0.4 is 0 Å². The lowest BCUT2D eigenvalue weighted by atomic mass is 10.1. The summed E-state index contributed by atoms with van der Waals surface area (Å²) in [6, 6.07) is -0.433. The maximum absolute atomic E-state index is 12.2. The number of likely N-dealkylation sites (tertiary alicyclic amines) is 1. The number of hydrogen-bond donors (Lipinski definition) is 1. The van der Waals surface area contributed by atoms with E-state index in [0.717, 1.165) is 4.90 Å². The Bertz CT molecular complexity index is 320. The zero-order valence-corrected chi connectivity index (χ0v) is 10.7. The molecule has 1 heterocycles. The molecule has 0 aromatic heterocycles. The summed E-state index contributed by atoms with van der Waals surface area (Å²) in [4.78, 5) is 24.6. The smallest absolute Gasteiger partial charge is 0.329 e. The van der Waals surface area contributed by atoms with Crippen molar-refractivity contribution >= 4 is 12.0 Å². The number of hydrogen-bond acceptors (Lipinski definition) is 3. The Morgan fingerprint density at radius 1 is 1.42 bits per heavy atom. The summed E-state index contributed by atoms with van der Waals surface area (Å²) in [7, 11) is 1.33. The predicted molar refractivity (Wildman–Crippen MR) is 62.2 cm³/mol. The highest BCUT2D eigenvalue weighted by atomic mass is 19.3. The Hall–Kier alpha value is -1.44. The van der Waals surface area contributed by atoms with Gasteiger partial charge in [0.1, 0.15) is 6.61 Å². The summed E-state index contributed by atoms with van der Waals surface area (Å²) in [6.07, 6.45) is -1.71. The number of piperidine rings is 1. The van der Waals surface area contributed by atoms with Crippen molar-refractivity contribution in [1.82, 2.24) is 9.80 Å². The number of aliphatic carboxylic acids is 1. The molecule has 0 aromatic carbocycles. The highest BCUT2D eigenvalue weighted by Gasteiger charge is 2.26. The fraction of sp³-hybridized carbons (Fsp3) is 0.818. The summed E-state index contributed by atoms with van der Waals surface area (Å²) >= 11 is 0. The molecular weight excluding hydrogens is 262 g/mol. The first kappa shape index (κ1) is 15.6. The van der Waals surface area contributed by atoms with Crippen LogP contribution in [0.5, 0.6) is 0 Å². The molecule has 0 aliphatic carbocycles.